The van der Waals surface area contributed by atoms with Crippen molar-refractivity contribution in [2.24, 2.45) is 11.8 Å². The topological polar surface area (TPSA) is 132 Å². The molecule has 0 aliphatic heterocycles. The number of ketones is 3. The number of Topliss-reactive ketones (excluding diaryl/α,β-unsaturated/α-hetero) is 3. The summed E-state index contributed by atoms with van der Waals surface area (Å²) in [6.45, 7) is 1.09. The van der Waals surface area contributed by atoms with Crippen molar-refractivity contribution in [3.63, 3.8) is 0 Å². The molecule has 0 amide bonds. The number of carbonyl (C=O) groups excluding carboxylic acids is 3. The van der Waals surface area contributed by atoms with Gasteiger partial charge in [0.15, 0.2) is 17.2 Å². The molecule has 3 unspecified atom stereocenters. The Morgan fingerprint density at radius 3 is 2.47 bits per heavy atom. The van der Waals surface area contributed by atoms with Crippen LogP contribution in [0.3, 0.4) is 0 Å². The SMILES string of the molecule is CC(=O)C1=C(O)C2(O)C(=O)C3=C(O)c4c(O)ccc(C=C5CCC5)c4CC3CC2CC1=O. The number of phenols is 1. The zero-order valence-corrected chi connectivity index (χ0v) is 17.6. The van der Waals surface area contributed by atoms with Crippen LogP contribution in [-0.4, -0.2) is 43.4 Å². The number of aliphatic hydroxyl groups is 3. The minimum Gasteiger partial charge on any atom is -0.508 e. The Morgan fingerprint density at radius 2 is 1.84 bits per heavy atom. The summed E-state index contributed by atoms with van der Waals surface area (Å²) in [5.74, 6) is -5.18. The standard InChI is InChI=1S/C25H24O7/c1-11(26)19-18(28)10-15-8-14-9-16-13(7-12-3-2-4-12)5-6-17(27)21(16)22(29)20(14)24(31)25(15,32)23(19)30/h5-7,14-15,27,29-30,32H,2-4,8-10H2,1H3. The first-order chi connectivity index (χ1) is 15.1. The number of aliphatic hydroxyl groups excluding tert-OH is 2. The second-order valence-electron chi connectivity index (χ2n) is 9.28. The molecule has 166 valence electrons. The lowest BCUT2D eigenvalue weighted by Crippen LogP contribution is -2.57. The summed E-state index contributed by atoms with van der Waals surface area (Å²) < 4.78 is 0. The summed E-state index contributed by atoms with van der Waals surface area (Å²) >= 11 is 0. The van der Waals surface area contributed by atoms with Crippen molar-refractivity contribution in [2.45, 2.75) is 51.0 Å². The summed E-state index contributed by atoms with van der Waals surface area (Å²) in [6, 6.07) is 3.26. The fourth-order valence-electron chi connectivity index (χ4n) is 5.63. The molecule has 0 aromatic heterocycles. The van der Waals surface area contributed by atoms with Crippen molar-refractivity contribution < 1.29 is 34.8 Å². The van der Waals surface area contributed by atoms with Crippen molar-refractivity contribution >= 4 is 29.2 Å². The van der Waals surface area contributed by atoms with Crippen molar-refractivity contribution in [2.75, 3.05) is 0 Å². The van der Waals surface area contributed by atoms with Gasteiger partial charge in [-0.25, -0.2) is 0 Å². The van der Waals surface area contributed by atoms with Gasteiger partial charge in [0.05, 0.1) is 5.56 Å². The lowest BCUT2D eigenvalue weighted by Gasteiger charge is -2.46. The quantitative estimate of drug-likeness (QED) is 0.524. The first-order valence-corrected chi connectivity index (χ1v) is 10.9. The van der Waals surface area contributed by atoms with Gasteiger partial charge in [0, 0.05) is 17.9 Å². The van der Waals surface area contributed by atoms with Crippen LogP contribution >= 0.6 is 0 Å². The van der Waals surface area contributed by atoms with Gasteiger partial charge in [0.1, 0.15) is 22.8 Å². The van der Waals surface area contributed by atoms with Crippen LogP contribution in [0, 0.1) is 11.8 Å². The Bertz CT molecular complexity index is 1190. The average Bonchev–Trinajstić information content (AvgIpc) is 2.68. The minimum absolute atomic E-state index is 0.0798. The third kappa shape index (κ3) is 2.67. The molecule has 2 saturated carbocycles. The number of aromatic hydroxyl groups is 1. The van der Waals surface area contributed by atoms with E-state index < -0.39 is 51.9 Å². The van der Waals surface area contributed by atoms with Crippen LogP contribution in [0.25, 0.3) is 11.8 Å². The van der Waals surface area contributed by atoms with Crippen molar-refractivity contribution in [3.8, 4) is 5.75 Å². The second-order valence-corrected chi connectivity index (χ2v) is 9.28. The van der Waals surface area contributed by atoms with E-state index >= 15 is 0 Å². The van der Waals surface area contributed by atoms with E-state index in [4.69, 9.17) is 0 Å². The third-order valence-corrected chi connectivity index (χ3v) is 7.44. The Balaban J connectivity index is 1.68. The van der Waals surface area contributed by atoms with E-state index in [9.17, 15) is 34.8 Å². The van der Waals surface area contributed by atoms with Crippen LogP contribution in [0.15, 0.2) is 34.6 Å². The summed E-state index contributed by atoms with van der Waals surface area (Å²) in [4.78, 5) is 37.8. The van der Waals surface area contributed by atoms with Crippen LogP contribution in [-0.2, 0) is 20.8 Å². The van der Waals surface area contributed by atoms with Crippen LogP contribution in [0.5, 0.6) is 5.75 Å². The van der Waals surface area contributed by atoms with E-state index in [2.05, 4.69) is 6.08 Å². The van der Waals surface area contributed by atoms with Gasteiger partial charge in [-0.2, -0.15) is 0 Å². The Kier molecular flexibility index (Phi) is 4.47. The fourth-order valence-corrected chi connectivity index (χ4v) is 5.63. The third-order valence-electron chi connectivity index (χ3n) is 7.44. The van der Waals surface area contributed by atoms with Crippen molar-refractivity contribution in [1.82, 2.24) is 0 Å². The molecule has 2 fully saturated rings. The molecule has 0 heterocycles. The molecule has 32 heavy (non-hydrogen) atoms. The number of hydrogen-bond donors (Lipinski definition) is 4. The number of carbonyl (C=O) groups is 3. The molecule has 7 heteroatoms. The van der Waals surface area contributed by atoms with Gasteiger partial charge in [-0.3, -0.25) is 14.4 Å². The molecule has 3 atom stereocenters. The van der Waals surface area contributed by atoms with E-state index in [0.29, 0.717) is 6.42 Å². The number of fused-ring (bicyclic) bond motifs is 3. The maximum atomic E-state index is 13.5. The monoisotopic (exact) mass is 436 g/mol. The number of rotatable bonds is 2. The summed E-state index contributed by atoms with van der Waals surface area (Å²) in [5, 5.41) is 43.5. The molecule has 7 nitrogen and oxygen atoms in total. The number of allylic oxidation sites excluding steroid dienone is 2. The van der Waals surface area contributed by atoms with Crippen LogP contribution in [0.2, 0.25) is 0 Å². The van der Waals surface area contributed by atoms with Gasteiger partial charge < -0.3 is 20.4 Å². The molecular weight excluding hydrogens is 412 g/mol. The van der Waals surface area contributed by atoms with Gasteiger partial charge in [0.2, 0.25) is 5.78 Å². The van der Waals surface area contributed by atoms with E-state index in [1.54, 1.807) is 6.07 Å². The predicted octanol–water partition coefficient (Wildman–Crippen LogP) is 3.09. The van der Waals surface area contributed by atoms with E-state index in [0.717, 1.165) is 37.3 Å². The Labute approximate surface area is 184 Å². The zero-order valence-electron chi connectivity index (χ0n) is 17.6. The van der Waals surface area contributed by atoms with E-state index in [1.807, 2.05) is 0 Å². The van der Waals surface area contributed by atoms with Gasteiger partial charge in [0.25, 0.3) is 0 Å². The molecule has 5 rings (SSSR count). The van der Waals surface area contributed by atoms with E-state index in [-0.39, 0.29) is 29.7 Å². The molecule has 0 bridgehead atoms. The minimum atomic E-state index is -2.45. The van der Waals surface area contributed by atoms with Crippen LogP contribution in [0.4, 0.5) is 0 Å². The Hall–Kier alpha value is -3.19. The fraction of sp³-hybridized carbons (Fsp3) is 0.400. The molecule has 1 aromatic rings. The predicted molar refractivity (Wildman–Crippen MR) is 115 cm³/mol. The highest BCUT2D eigenvalue weighted by Gasteiger charge is 2.60. The molecule has 0 saturated heterocycles. The van der Waals surface area contributed by atoms with Crippen molar-refractivity contribution in [3.05, 3.63) is 51.3 Å². The van der Waals surface area contributed by atoms with Gasteiger partial charge in [-0.15, -0.1) is 0 Å². The smallest absolute Gasteiger partial charge is 0.202 e. The highest BCUT2D eigenvalue weighted by molar-refractivity contribution is 6.23. The molecule has 1 aromatic carbocycles. The van der Waals surface area contributed by atoms with Gasteiger partial charge in [-0.05, 0) is 62.1 Å². The average molecular weight is 436 g/mol. The molecule has 0 spiro atoms. The lowest BCUT2D eigenvalue weighted by atomic mass is 9.59. The number of hydrogen-bond acceptors (Lipinski definition) is 7. The molecule has 4 aliphatic carbocycles. The largest absolute Gasteiger partial charge is 0.508 e. The first kappa shape index (κ1) is 20.7. The number of phenolic OH excluding ortho intramolecular Hbond substituents is 1. The van der Waals surface area contributed by atoms with Crippen LogP contribution < -0.4 is 0 Å². The van der Waals surface area contributed by atoms with Gasteiger partial charge >= 0.3 is 0 Å². The highest BCUT2D eigenvalue weighted by Crippen LogP contribution is 2.52. The lowest BCUT2D eigenvalue weighted by molar-refractivity contribution is -0.147. The summed E-state index contributed by atoms with van der Waals surface area (Å²) in [7, 11) is 0. The second kappa shape index (κ2) is 6.90. The van der Waals surface area contributed by atoms with Crippen molar-refractivity contribution in [1.29, 1.82) is 0 Å². The van der Waals surface area contributed by atoms with Gasteiger partial charge in [-0.1, -0.05) is 17.7 Å². The maximum Gasteiger partial charge on any atom is 0.202 e. The molecular formula is C25H24O7. The zero-order chi connectivity index (χ0) is 22.9. The Morgan fingerprint density at radius 1 is 1.12 bits per heavy atom. The maximum absolute atomic E-state index is 13.5. The molecule has 4 N–H and O–H groups in total. The summed E-state index contributed by atoms with van der Waals surface area (Å²) in [5.41, 5.74) is -0.0675. The number of benzene rings is 1. The summed E-state index contributed by atoms with van der Waals surface area (Å²) in [6.07, 6.45) is 5.48. The molecule has 0 radical (unpaired) electrons. The highest BCUT2D eigenvalue weighted by atomic mass is 16.3. The normalized spacial score (nSPS) is 29.2. The van der Waals surface area contributed by atoms with E-state index in [1.165, 1.54) is 11.6 Å². The first-order valence-electron chi connectivity index (χ1n) is 10.9. The van der Waals surface area contributed by atoms with Crippen LogP contribution in [0.1, 0.15) is 55.7 Å². The molecule has 4 aliphatic rings.